The van der Waals surface area contributed by atoms with Crippen LogP contribution in [0.3, 0.4) is 0 Å². The first-order valence-corrected chi connectivity index (χ1v) is 5.64. The molecule has 4 aliphatic carbocycles. The van der Waals surface area contributed by atoms with Crippen molar-refractivity contribution in [1.29, 1.82) is 0 Å². The lowest BCUT2D eigenvalue weighted by Gasteiger charge is -2.49. The highest BCUT2D eigenvalue weighted by Gasteiger charge is 2.69. The molecule has 2 heteroatoms. The standard InChI is InChI=1S/C11H16O2/c12-13-10-6-1-8-3-9-2-7(10)5-11(8,9)4-6/h6-10,12H,1-5H2. The lowest BCUT2D eigenvalue weighted by atomic mass is 9.56. The van der Waals surface area contributed by atoms with Crippen LogP contribution < -0.4 is 0 Å². The maximum absolute atomic E-state index is 8.93. The van der Waals surface area contributed by atoms with Crippen LogP contribution in [-0.2, 0) is 4.89 Å². The fourth-order valence-corrected chi connectivity index (χ4v) is 5.33. The normalized spacial score (nSPS) is 66.7. The number of rotatable bonds is 1. The van der Waals surface area contributed by atoms with Crippen LogP contribution in [0.25, 0.3) is 0 Å². The molecule has 4 atom stereocenters. The summed E-state index contributed by atoms with van der Waals surface area (Å²) in [7, 11) is 0. The molecule has 0 aromatic rings. The van der Waals surface area contributed by atoms with Crippen molar-refractivity contribution in [3.63, 3.8) is 0 Å². The van der Waals surface area contributed by atoms with E-state index >= 15 is 0 Å². The molecule has 72 valence electrons. The van der Waals surface area contributed by atoms with Crippen molar-refractivity contribution in [1.82, 2.24) is 0 Å². The van der Waals surface area contributed by atoms with Gasteiger partial charge in [0.05, 0.1) is 6.10 Å². The van der Waals surface area contributed by atoms with Gasteiger partial charge in [-0.25, -0.2) is 4.89 Å². The highest BCUT2D eigenvalue weighted by Crippen LogP contribution is 2.75. The van der Waals surface area contributed by atoms with E-state index in [-0.39, 0.29) is 6.10 Å². The Balaban J connectivity index is 1.79. The topological polar surface area (TPSA) is 29.5 Å². The quantitative estimate of drug-likeness (QED) is 0.495. The average Bonchev–Trinajstić information content (AvgIpc) is 2.48. The molecule has 0 saturated heterocycles. The Morgan fingerprint density at radius 3 is 2.15 bits per heavy atom. The van der Waals surface area contributed by atoms with E-state index in [1.165, 1.54) is 32.1 Å². The van der Waals surface area contributed by atoms with Gasteiger partial charge < -0.3 is 0 Å². The first-order chi connectivity index (χ1) is 6.33. The van der Waals surface area contributed by atoms with Gasteiger partial charge in [0.15, 0.2) is 0 Å². The highest BCUT2D eigenvalue weighted by atomic mass is 17.1. The first kappa shape index (κ1) is 7.24. The van der Waals surface area contributed by atoms with Gasteiger partial charge in [-0.15, -0.1) is 0 Å². The third-order valence-corrected chi connectivity index (χ3v) is 5.71. The van der Waals surface area contributed by atoms with Crippen molar-refractivity contribution in [2.75, 3.05) is 0 Å². The van der Waals surface area contributed by atoms with Crippen LogP contribution in [0.1, 0.15) is 32.1 Å². The van der Waals surface area contributed by atoms with Crippen LogP contribution in [0.4, 0.5) is 0 Å². The monoisotopic (exact) mass is 180 g/mol. The molecule has 1 spiro atoms. The zero-order valence-corrected chi connectivity index (χ0v) is 7.78. The third-order valence-electron chi connectivity index (χ3n) is 5.71. The number of hydrogen-bond acceptors (Lipinski definition) is 2. The molecule has 13 heavy (non-hydrogen) atoms. The minimum atomic E-state index is 0.198. The molecule has 0 radical (unpaired) electrons. The molecule has 0 heterocycles. The van der Waals surface area contributed by atoms with Gasteiger partial charge in [-0.3, -0.25) is 5.26 Å². The van der Waals surface area contributed by atoms with Gasteiger partial charge in [-0.1, -0.05) is 0 Å². The van der Waals surface area contributed by atoms with Gasteiger partial charge in [0.25, 0.3) is 0 Å². The smallest absolute Gasteiger partial charge is 0.0984 e. The molecule has 0 aromatic heterocycles. The Kier molecular flexibility index (Phi) is 1.09. The van der Waals surface area contributed by atoms with Crippen LogP contribution in [-0.4, -0.2) is 11.4 Å². The van der Waals surface area contributed by atoms with Crippen LogP contribution in [0.5, 0.6) is 0 Å². The van der Waals surface area contributed by atoms with Gasteiger partial charge in [-0.05, 0) is 61.2 Å². The summed E-state index contributed by atoms with van der Waals surface area (Å²) < 4.78 is 0. The second kappa shape index (κ2) is 1.96. The first-order valence-electron chi connectivity index (χ1n) is 5.64. The number of fused-ring (bicyclic) bond motifs is 2. The predicted octanol–water partition coefficient (Wildman–Crippen LogP) is 2.30. The molecule has 2 nitrogen and oxygen atoms in total. The average molecular weight is 180 g/mol. The van der Waals surface area contributed by atoms with Gasteiger partial charge in [0.1, 0.15) is 0 Å². The molecule has 4 fully saturated rings. The molecule has 4 saturated carbocycles. The Morgan fingerprint density at radius 1 is 1.00 bits per heavy atom. The molecule has 0 amide bonds. The van der Waals surface area contributed by atoms with E-state index in [0.29, 0.717) is 11.8 Å². The van der Waals surface area contributed by atoms with E-state index in [2.05, 4.69) is 0 Å². The van der Waals surface area contributed by atoms with Crippen LogP contribution in [0.15, 0.2) is 0 Å². The Morgan fingerprint density at radius 2 is 1.62 bits per heavy atom. The van der Waals surface area contributed by atoms with Gasteiger partial charge in [0, 0.05) is 0 Å². The Labute approximate surface area is 78.2 Å². The lowest BCUT2D eigenvalue weighted by Crippen LogP contribution is -2.42. The van der Waals surface area contributed by atoms with Gasteiger partial charge in [-0.2, -0.15) is 0 Å². The van der Waals surface area contributed by atoms with E-state index in [1.54, 1.807) is 0 Å². The fraction of sp³-hybridized carbons (Fsp3) is 1.00. The van der Waals surface area contributed by atoms with Gasteiger partial charge >= 0.3 is 0 Å². The third kappa shape index (κ3) is 0.608. The zero-order valence-electron chi connectivity index (χ0n) is 7.78. The van der Waals surface area contributed by atoms with E-state index in [1.807, 2.05) is 0 Å². The molecule has 4 unspecified atom stereocenters. The number of hydrogen-bond donors (Lipinski definition) is 1. The minimum absolute atomic E-state index is 0.198. The van der Waals surface area contributed by atoms with Crippen LogP contribution in [0.2, 0.25) is 0 Å². The summed E-state index contributed by atoms with van der Waals surface area (Å²) in [5.41, 5.74) is 0.754. The molecule has 0 aliphatic heterocycles. The van der Waals surface area contributed by atoms with Crippen molar-refractivity contribution < 1.29 is 10.1 Å². The molecular formula is C11H16O2. The SMILES string of the molecule is OOC1C2CC3CC4CC1CC34C2. The van der Waals surface area contributed by atoms with Crippen molar-refractivity contribution in [2.45, 2.75) is 38.2 Å². The molecule has 4 aliphatic rings. The van der Waals surface area contributed by atoms with Crippen LogP contribution >= 0.6 is 0 Å². The van der Waals surface area contributed by atoms with E-state index < -0.39 is 0 Å². The summed E-state index contributed by atoms with van der Waals surface area (Å²) in [6.45, 7) is 0. The van der Waals surface area contributed by atoms with Crippen molar-refractivity contribution >= 4 is 0 Å². The van der Waals surface area contributed by atoms with Crippen molar-refractivity contribution in [3.8, 4) is 0 Å². The molecular weight excluding hydrogens is 164 g/mol. The summed E-state index contributed by atoms with van der Waals surface area (Å²) >= 11 is 0. The second-order valence-corrected chi connectivity index (χ2v) is 5.83. The van der Waals surface area contributed by atoms with Gasteiger partial charge in [0.2, 0.25) is 0 Å². The Bertz CT molecular complexity index is 239. The fourth-order valence-electron chi connectivity index (χ4n) is 5.33. The van der Waals surface area contributed by atoms with E-state index in [0.717, 1.165) is 17.3 Å². The predicted molar refractivity (Wildman–Crippen MR) is 47.0 cm³/mol. The van der Waals surface area contributed by atoms with Crippen LogP contribution in [0, 0.1) is 29.1 Å². The summed E-state index contributed by atoms with van der Waals surface area (Å²) in [4.78, 5) is 4.72. The van der Waals surface area contributed by atoms with E-state index in [4.69, 9.17) is 10.1 Å². The zero-order chi connectivity index (χ0) is 8.63. The minimum Gasteiger partial charge on any atom is -0.252 e. The molecule has 3 bridgehead atoms. The highest BCUT2D eigenvalue weighted by molar-refractivity contribution is 5.18. The lowest BCUT2D eigenvalue weighted by molar-refractivity contribution is -0.304. The molecule has 4 rings (SSSR count). The maximum Gasteiger partial charge on any atom is 0.0984 e. The Hall–Kier alpha value is -0.0800. The summed E-state index contributed by atoms with van der Waals surface area (Å²) in [5, 5.41) is 8.93. The second-order valence-electron chi connectivity index (χ2n) is 5.83. The largest absolute Gasteiger partial charge is 0.252 e. The van der Waals surface area contributed by atoms with Crippen molar-refractivity contribution in [2.24, 2.45) is 29.1 Å². The molecule has 0 aromatic carbocycles. The van der Waals surface area contributed by atoms with Crippen molar-refractivity contribution in [3.05, 3.63) is 0 Å². The summed E-state index contributed by atoms with van der Waals surface area (Å²) in [5.74, 6) is 3.41. The summed E-state index contributed by atoms with van der Waals surface area (Å²) in [6, 6.07) is 0. The van der Waals surface area contributed by atoms with E-state index in [9.17, 15) is 0 Å². The summed E-state index contributed by atoms with van der Waals surface area (Å²) in [6.07, 6.45) is 7.11. The maximum atomic E-state index is 8.93. The molecule has 1 N–H and O–H groups in total.